The molecule has 2 bridgehead atoms. The average molecular weight is 1460 g/mol. The molecule has 0 spiro atoms. The first kappa shape index (κ1) is 82.3. The van der Waals surface area contributed by atoms with Crippen molar-refractivity contribution in [1.82, 2.24) is 52.3 Å². The molecule has 2 saturated heterocycles. The summed E-state index contributed by atoms with van der Waals surface area (Å²) in [6.07, 6.45) is 11.2. The highest BCUT2D eigenvalue weighted by Gasteiger charge is 2.46. The van der Waals surface area contributed by atoms with E-state index in [1.54, 1.807) is 13.8 Å². The van der Waals surface area contributed by atoms with Gasteiger partial charge in [0.1, 0.15) is 73.6 Å². The molecule has 7 aliphatic rings. The molecule has 10 amide bonds. The van der Waals surface area contributed by atoms with E-state index in [-0.39, 0.29) is 50.5 Å². The van der Waals surface area contributed by atoms with Crippen molar-refractivity contribution in [2.75, 3.05) is 53.5 Å². The number of hydrogen-bond donors (Lipinski definition) is 11. The van der Waals surface area contributed by atoms with Gasteiger partial charge in [-0.15, -0.1) is 0 Å². The van der Waals surface area contributed by atoms with Gasteiger partial charge in [-0.3, -0.25) is 57.5 Å². The van der Waals surface area contributed by atoms with Gasteiger partial charge in [-0.25, -0.2) is 0 Å². The number of esters is 2. The number of rotatable bonds is 22. The van der Waals surface area contributed by atoms with Crippen LogP contribution in [0.2, 0.25) is 0 Å². The van der Waals surface area contributed by atoms with E-state index in [1.807, 2.05) is 31.2 Å². The minimum atomic E-state index is -1.60. The zero-order chi connectivity index (χ0) is 75.3. The van der Waals surface area contributed by atoms with E-state index in [0.29, 0.717) is 76.0 Å². The molecule has 0 radical (unpaired) electrons. The molecule has 2 aliphatic heterocycles. The largest absolute Gasteiger partial charge is 0.460 e. The van der Waals surface area contributed by atoms with Crippen LogP contribution in [0.1, 0.15) is 187 Å². The molecule has 16 atom stereocenters. The van der Waals surface area contributed by atoms with Gasteiger partial charge in [0.15, 0.2) is 0 Å². The topological polar surface area (TPSA) is 423 Å². The number of nitrogens with zero attached hydrogens (tertiary/aromatic N) is 2. The lowest BCUT2D eigenvalue weighted by atomic mass is 9.82. The number of carbonyl (C=O) groups excluding carboxylic acids is 12. The van der Waals surface area contributed by atoms with Crippen LogP contribution in [0, 0.1) is 41.4 Å². The Morgan fingerprint density at radius 3 is 1.63 bits per heavy atom. The summed E-state index contributed by atoms with van der Waals surface area (Å²) in [5.74, 6) is -10.8. The fourth-order valence-electron chi connectivity index (χ4n) is 16.5. The second-order valence-corrected chi connectivity index (χ2v) is 30.5. The average Bonchev–Trinajstić information content (AvgIpc) is 1.64. The first-order valence-corrected chi connectivity index (χ1v) is 38.6. The number of amides is 10. The first-order chi connectivity index (χ1) is 49.8. The zero-order valence-electron chi connectivity index (χ0n) is 62.2. The SMILES string of the molecule is CCCCCC[C@H]1OC(=O)CNC(=O)[C@H]([C@H](C)OCCC[C@H]2C(=O)N[C@@H](C3CCCCCC3)C(=O)N[C@@H](CN)C(=O)N[C@@H](CO[C@H]3C[C@H](N)C3)C(=O)NCC(=O)O[C@H](CC3CC4CCC3C4)[C@@H](C)C(=O)N2C)NC(=O)[C@H](CN)NC(=O)[C@H](C2Cc3ccccc3C2)NC(=O)[C@H](CCC)N(C)C(=O)[C@@H]1C. The Labute approximate surface area is 612 Å². The third-order valence-corrected chi connectivity index (χ3v) is 23.0. The smallest absolute Gasteiger partial charge is 0.325 e. The number of hydrogen-bond acceptors (Lipinski definition) is 19. The van der Waals surface area contributed by atoms with Crippen LogP contribution >= 0.6 is 0 Å². The van der Waals surface area contributed by atoms with E-state index in [9.17, 15) is 47.9 Å². The van der Waals surface area contributed by atoms with Crippen molar-refractivity contribution < 1.29 is 76.5 Å². The summed E-state index contributed by atoms with van der Waals surface area (Å²) in [5, 5.41) is 22.0. The van der Waals surface area contributed by atoms with Gasteiger partial charge in [-0.2, -0.15) is 0 Å². The number of ether oxygens (including phenoxy) is 4. The van der Waals surface area contributed by atoms with Gasteiger partial charge in [0.2, 0.25) is 59.1 Å². The third kappa shape index (κ3) is 22.4. The lowest BCUT2D eigenvalue weighted by Crippen LogP contribution is -2.62. The number of benzene rings is 1. The van der Waals surface area contributed by atoms with Gasteiger partial charge in [0.25, 0.3) is 0 Å². The fourth-order valence-corrected chi connectivity index (χ4v) is 16.5. The number of carbonyl (C=O) groups is 12. The van der Waals surface area contributed by atoms with Crippen LogP contribution < -0.4 is 59.7 Å². The molecule has 29 nitrogen and oxygen atoms in total. The summed E-state index contributed by atoms with van der Waals surface area (Å²) in [6, 6.07) is -3.09. The van der Waals surface area contributed by atoms with Crippen LogP contribution in [0.4, 0.5) is 0 Å². The Bertz CT molecular complexity index is 3100. The predicted octanol–water partition coefficient (Wildman–Crippen LogP) is 1.50. The highest BCUT2D eigenvalue weighted by atomic mass is 16.6. The molecule has 2 heterocycles. The number of nitrogens with one attached hydrogen (secondary N) is 8. The van der Waals surface area contributed by atoms with Crippen LogP contribution in [0.25, 0.3) is 0 Å². The molecule has 580 valence electrons. The van der Waals surface area contributed by atoms with E-state index in [2.05, 4.69) is 49.5 Å². The molecule has 6 fully saturated rings. The second-order valence-electron chi connectivity index (χ2n) is 30.5. The highest BCUT2D eigenvalue weighted by molar-refractivity contribution is 5.98. The molecule has 14 N–H and O–H groups in total. The van der Waals surface area contributed by atoms with Gasteiger partial charge >= 0.3 is 11.9 Å². The monoisotopic (exact) mass is 1460 g/mol. The second kappa shape index (κ2) is 39.9. The third-order valence-electron chi connectivity index (χ3n) is 23.0. The quantitative estimate of drug-likeness (QED) is 0.0445. The van der Waals surface area contributed by atoms with Crippen molar-refractivity contribution in [3.8, 4) is 0 Å². The molecule has 4 saturated carbocycles. The van der Waals surface area contributed by atoms with Gasteiger partial charge in [0, 0.05) is 39.8 Å². The summed E-state index contributed by atoms with van der Waals surface area (Å²) in [4.78, 5) is 178. The number of nitrogens with two attached hydrogens (primary N) is 3. The van der Waals surface area contributed by atoms with Crippen molar-refractivity contribution >= 4 is 71.0 Å². The van der Waals surface area contributed by atoms with Crippen molar-refractivity contribution in [3.63, 3.8) is 0 Å². The maximum Gasteiger partial charge on any atom is 0.325 e. The van der Waals surface area contributed by atoms with Crippen LogP contribution in [0.5, 0.6) is 0 Å². The highest BCUT2D eigenvalue weighted by Crippen LogP contribution is 2.50. The predicted molar refractivity (Wildman–Crippen MR) is 384 cm³/mol. The van der Waals surface area contributed by atoms with Crippen molar-refractivity contribution in [3.05, 3.63) is 35.4 Å². The molecule has 29 heteroatoms. The number of cyclic esters (lactones) is 2. The normalized spacial score (nSPS) is 32.3. The van der Waals surface area contributed by atoms with Gasteiger partial charge in [0.05, 0.1) is 30.7 Å². The number of likely N-dealkylation sites (N-methyl/N-ethyl adjacent to an activating group) is 2. The molecule has 104 heavy (non-hydrogen) atoms. The lowest BCUT2D eigenvalue weighted by Gasteiger charge is -2.35. The van der Waals surface area contributed by atoms with E-state index in [0.717, 1.165) is 81.8 Å². The first-order valence-electron chi connectivity index (χ1n) is 38.6. The molecule has 3 unspecified atom stereocenters. The Kier molecular flexibility index (Phi) is 31.5. The Hall–Kier alpha value is -7.34. The molecule has 8 rings (SSSR count). The number of fused-ring (bicyclic) bond motifs is 3. The molecule has 1 aromatic carbocycles. The zero-order valence-corrected chi connectivity index (χ0v) is 62.2. The Morgan fingerprint density at radius 1 is 0.538 bits per heavy atom. The van der Waals surface area contributed by atoms with Crippen LogP contribution in [0.15, 0.2) is 24.3 Å². The summed E-state index contributed by atoms with van der Waals surface area (Å²) in [5.41, 5.74) is 20.5. The lowest BCUT2D eigenvalue weighted by molar-refractivity contribution is -0.159. The van der Waals surface area contributed by atoms with E-state index < -0.39 is 188 Å². The van der Waals surface area contributed by atoms with Gasteiger partial charge in [-0.1, -0.05) is 110 Å². The van der Waals surface area contributed by atoms with Gasteiger partial charge < -0.3 is 88.5 Å². The standard InChI is InChI=1S/C75H119N13O16/c1-8-10-11-16-26-59-42(3)74(99)87(6)57(20-9-2)69(94)86-65(51-32-47-23-17-18-24-48(47)33-51)73(98)82-55(38-77)68(93)84-63(71(96)80-40-61(89)103-59)44(5)101-29-19-25-58-70(95)85-64(46-21-14-12-13-15-22-46)72(97)81-54(37-76)67(92)83-56(41-102-53-35-52(78)36-53)66(91)79-39-62(90)104-60(43(4)75(100)88(58)7)34-50-31-45-27-28-49(50)30-45/h17-18,23-24,42-46,49-60,63-65H,8-16,19-22,25-41,76-78H2,1-7H3,(H,79,91)(H,80,96)(H,81,97)(H,82,98)(H,83,92)(H,84,93)(H,85,95)(H,86,94)/t42-,43-,44+,45?,49?,50?,52-,53-,54+,55+,56+,57+,58+,59-,60-,63+,64+,65+/m1/s1. The van der Waals surface area contributed by atoms with E-state index in [1.165, 1.54) is 30.8 Å². The summed E-state index contributed by atoms with van der Waals surface area (Å²) >= 11 is 0. The minimum Gasteiger partial charge on any atom is -0.460 e. The minimum absolute atomic E-state index is 0.00487. The molecule has 5 aliphatic carbocycles. The Morgan fingerprint density at radius 2 is 1.09 bits per heavy atom. The summed E-state index contributed by atoms with van der Waals surface area (Å²) in [6.45, 7) is 5.95. The maximum atomic E-state index is 15.4. The van der Waals surface area contributed by atoms with Crippen molar-refractivity contribution in [1.29, 1.82) is 0 Å². The molecular weight excluding hydrogens is 1340 g/mol. The van der Waals surface area contributed by atoms with Crippen molar-refractivity contribution in [2.24, 2.45) is 58.6 Å². The molecular formula is C75H119N13O16. The maximum absolute atomic E-state index is 15.4. The van der Waals surface area contributed by atoms with Gasteiger partial charge in [-0.05, 0) is 144 Å². The van der Waals surface area contributed by atoms with E-state index >= 15 is 9.59 Å². The van der Waals surface area contributed by atoms with Crippen LogP contribution in [0.3, 0.4) is 0 Å². The Balaban J connectivity index is 1.07. The molecule has 1 aromatic rings. The summed E-state index contributed by atoms with van der Waals surface area (Å²) < 4.78 is 24.6. The fraction of sp³-hybridized carbons (Fsp3) is 0.760. The van der Waals surface area contributed by atoms with Crippen molar-refractivity contribution in [2.45, 2.75) is 268 Å². The van der Waals surface area contributed by atoms with Crippen LogP contribution in [-0.4, -0.2) is 213 Å². The van der Waals surface area contributed by atoms with E-state index in [4.69, 9.17) is 36.1 Å². The summed E-state index contributed by atoms with van der Waals surface area (Å²) in [7, 11) is 2.97. The molecule has 0 aromatic heterocycles. The number of unbranched alkanes of at least 4 members (excludes halogenated alkanes) is 3. The van der Waals surface area contributed by atoms with Crippen LogP contribution in [-0.2, 0) is 89.3 Å².